The molecule has 0 aliphatic carbocycles. The Morgan fingerprint density at radius 2 is 1.72 bits per heavy atom. The molecule has 1 amide bonds. The fraction of sp³-hybridized carbons (Fsp3) is 0.269. The largest absolute Gasteiger partial charge is 0.392 e. The quantitative estimate of drug-likeness (QED) is 0.369. The van der Waals surface area contributed by atoms with Crippen molar-refractivity contribution in [2.75, 3.05) is 30.3 Å². The van der Waals surface area contributed by atoms with Crippen LogP contribution in [0.25, 0.3) is 21.8 Å². The normalized spacial score (nSPS) is 15.3. The molecule has 1 aromatic heterocycles. The molecule has 32 heavy (non-hydrogen) atoms. The number of aliphatic hydroxyl groups excluding tert-OH is 1. The highest BCUT2D eigenvalue weighted by Gasteiger charge is 2.21. The van der Waals surface area contributed by atoms with E-state index in [1.54, 1.807) is 0 Å². The minimum absolute atomic E-state index is 0.0150. The summed E-state index contributed by atoms with van der Waals surface area (Å²) >= 11 is 0. The van der Waals surface area contributed by atoms with E-state index in [9.17, 15) is 9.90 Å². The first-order valence-corrected chi connectivity index (χ1v) is 11.2. The lowest BCUT2D eigenvalue weighted by atomic mass is 10.0. The number of amides is 1. The highest BCUT2D eigenvalue weighted by molar-refractivity contribution is 6.09. The molecule has 4 N–H and O–H groups in total. The number of fused-ring (bicyclic) bond motifs is 3. The summed E-state index contributed by atoms with van der Waals surface area (Å²) in [5, 5.41) is 18.4. The third-order valence-electron chi connectivity index (χ3n) is 6.29. The third kappa shape index (κ3) is 4.33. The molecule has 0 atom stereocenters. The molecule has 3 aromatic carbocycles. The van der Waals surface area contributed by atoms with E-state index in [0.717, 1.165) is 64.7 Å². The Hall–Kier alpha value is -3.35. The molecule has 5 rings (SSSR count). The zero-order valence-electron chi connectivity index (χ0n) is 18.0. The highest BCUT2D eigenvalue weighted by atomic mass is 16.3. The highest BCUT2D eigenvalue weighted by Crippen LogP contribution is 2.27. The Kier molecular flexibility index (Phi) is 5.79. The van der Waals surface area contributed by atoms with Crippen molar-refractivity contribution < 1.29 is 9.90 Å². The van der Waals surface area contributed by atoms with Gasteiger partial charge in [-0.2, -0.15) is 0 Å². The van der Waals surface area contributed by atoms with Crippen LogP contribution in [0.5, 0.6) is 0 Å². The number of carbonyl (C=O) groups is 1. The van der Waals surface area contributed by atoms with Crippen LogP contribution in [-0.2, 0) is 11.4 Å². The molecule has 0 radical (unpaired) electrons. The van der Waals surface area contributed by atoms with Crippen LogP contribution in [0.2, 0.25) is 0 Å². The SMILES string of the molecule is O=C(CN1CCC(Nc2ccccc2CO)CC1)Nc1ccc2[nH]c3ccccc3c2c1. The van der Waals surface area contributed by atoms with Gasteiger partial charge in [0.2, 0.25) is 5.91 Å². The average molecular weight is 429 g/mol. The summed E-state index contributed by atoms with van der Waals surface area (Å²) in [6, 6.07) is 22.4. The summed E-state index contributed by atoms with van der Waals surface area (Å²) in [7, 11) is 0. The van der Waals surface area contributed by atoms with Crippen LogP contribution in [0.15, 0.2) is 66.7 Å². The van der Waals surface area contributed by atoms with Crippen LogP contribution in [-0.4, -0.2) is 46.6 Å². The summed E-state index contributed by atoms with van der Waals surface area (Å²) in [6.07, 6.45) is 1.93. The van der Waals surface area contributed by atoms with Crippen LogP contribution in [0.3, 0.4) is 0 Å². The van der Waals surface area contributed by atoms with Gasteiger partial charge in [0.1, 0.15) is 0 Å². The van der Waals surface area contributed by atoms with Gasteiger partial charge in [-0.05, 0) is 43.2 Å². The zero-order valence-corrected chi connectivity index (χ0v) is 18.0. The van der Waals surface area contributed by atoms with Crippen molar-refractivity contribution in [3.63, 3.8) is 0 Å². The number of aromatic nitrogens is 1. The molecule has 6 nitrogen and oxygen atoms in total. The predicted octanol–water partition coefficient (Wildman–Crippen LogP) is 4.33. The Balaban J connectivity index is 1.16. The fourth-order valence-electron chi connectivity index (χ4n) is 4.58. The van der Waals surface area contributed by atoms with Crippen molar-refractivity contribution in [2.24, 2.45) is 0 Å². The monoisotopic (exact) mass is 428 g/mol. The van der Waals surface area contributed by atoms with Gasteiger partial charge in [0.15, 0.2) is 0 Å². The van der Waals surface area contributed by atoms with E-state index in [1.807, 2.05) is 54.6 Å². The van der Waals surface area contributed by atoms with Gasteiger partial charge in [-0.15, -0.1) is 0 Å². The number of para-hydroxylation sites is 2. The van der Waals surface area contributed by atoms with E-state index >= 15 is 0 Å². The Morgan fingerprint density at radius 3 is 2.56 bits per heavy atom. The van der Waals surface area contributed by atoms with Gasteiger partial charge in [0.25, 0.3) is 0 Å². The smallest absolute Gasteiger partial charge is 0.238 e. The van der Waals surface area contributed by atoms with Gasteiger partial charge in [-0.1, -0.05) is 36.4 Å². The van der Waals surface area contributed by atoms with Crippen LogP contribution in [0.1, 0.15) is 18.4 Å². The Labute approximate surface area is 187 Å². The number of H-pyrrole nitrogens is 1. The molecule has 1 fully saturated rings. The summed E-state index contributed by atoms with van der Waals surface area (Å²) in [5.41, 5.74) is 4.91. The number of hydrogen-bond donors (Lipinski definition) is 4. The number of carbonyl (C=O) groups excluding carboxylic acids is 1. The number of hydrogen-bond acceptors (Lipinski definition) is 4. The number of nitrogens with zero attached hydrogens (tertiary/aromatic N) is 1. The Bertz CT molecular complexity index is 1240. The minimum Gasteiger partial charge on any atom is -0.392 e. The predicted molar refractivity (Wildman–Crippen MR) is 130 cm³/mol. The molecule has 0 saturated carbocycles. The van der Waals surface area contributed by atoms with Crippen LogP contribution in [0, 0.1) is 0 Å². The van der Waals surface area contributed by atoms with Gasteiger partial charge >= 0.3 is 0 Å². The molecule has 1 aliphatic rings. The maximum Gasteiger partial charge on any atom is 0.238 e. The maximum absolute atomic E-state index is 12.7. The van der Waals surface area contributed by atoms with Crippen LogP contribution >= 0.6 is 0 Å². The number of piperidine rings is 1. The fourth-order valence-corrected chi connectivity index (χ4v) is 4.58. The van der Waals surface area contributed by atoms with Gasteiger partial charge in [0.05, 0.1) is 13.2 Å². The van der Waals surface area contributed by atoms with Gasteiger partial charge < -0.3 is 20.7 Å². The third-order valence-corrected chi connectivity index (χ3v) is 6.29. The van der Waals surface area contributed by atoms with Crippen LogP contribution < -0.4 is 10.6 Å². The first-order valence-electron chi connectivity index (χ1n) is 11.2. The van der Waals surface area contributed by atoms with Crippen molar-refractivity contribution in [3.8, 4) is 0 Å². The molecule has 2 heterocycles. The molecule has 1 saturated heterocycles. The summed E-state index contributed by atoms with van der Waals surface area (Å²) < 4.78 is 0. The Morgan fingerprint density at radius 1 is 0.969 bits per heavy atom. The average Bonchev–Trinajstić information content (AvgIpc) is 3.19. The van der Waals surface area contributed by atoms with E-state index in [1.165, 1.54) is 0 Å². The summed E-state index contributed by atoms with van der Waals surface area (Å²) in [6.45, 7) is 2.17. The van der Waals surface area contributed by atoms with Crippen molar-refractivity contribution in [1.29, 1.82) is 0 Å². The van der Waals surface area contributed by atoms with Crippen LogP contribution in [0.4, 0.5) is 11.4 Å². The second-order valence-electron chi connectivity index (χ2n) is 8.49. The van der Waals surface area contributed by atoms with E-state index in [2.05, 4.69) is 32.7 Å². The van der Waals surface area contributed by atoms with E-state index < -0.39 is 0 Å². The summed E-state index contributed by atoms with van der Waals surface area (Å²) in [4.78, 5) is 18.3. The maximum atomic E-state index is 12.7. The first-order chi connectivity index (χ1) is 15.7. The lowest BCUT2D eigenvalue weighted by Gasteiger charge is -2.32. The lowest BCUT2D eigenvalue weighted by Crippen LogP contribution is -2.42. The molecular formula is C26H28N4O2. The number of benzene rings is 3. The number of nitrogens with one attached hydrogen (secondary N) is 3. The molecule has 0 bridgehead atoms. The van der Waals surface area contributed by atoms with E-state index in [4.69, 9.17) is 0 Å². The standard InChI is InChI=1S/C26H28N4O2/c31-17-18-5-1-3-7-23(18)27-19-11-13-30(14-12-19)16-26(32)28-20-9-10-25-22(15-20)21-6-2-4-8-24(21)29-25/h1-10,15,19,27,29,31H,11-14,16-17H2,(H,28,32). The van der Waals surface area contributed by atoms with Crippen molar-refractivity contribution in [3.05, 3.63) is 72.3 Å². The van der Waals surface area contributed by atoms with Gasteiger partial charge in [0, 0.05) is 57.9 Å². The first kappa shape index (κ1) is 20.5. The van der Waals surface area contributed by atoms with Crippen molar-refractivity contribution >= 4 is 39.1 Å². The number of anilines is 2. The number of likely N-dealkylation sites (tertiary alicyclic amines) is 1. The second kappa shape index (κ2) is 9.02. The molecule has 6 heteroatoms. The number of aliphatic hydroxyl groups is 1. The second-order valence-corrected chi connectivity index (χ2v) is 8.49. The van der Waals surface area contributed by atoms with Crippen molar-refractivity contribution in [2.45, 2.75) is 25.5 Å². The van der Waals surface area contributed by atoms with Crippen molar-refractivity contribution in [1.82, 2.24) is 9.88 Å². The molecule has 1 aliphatic heterocycles. The zero-order chi connectivity index (χ0) is 21.9. The molecule has 164 valence electrons. The number of rotatable bonds is 6. The van der Waals surface area contributed by atoms with E-state index in [0.29, 0.717) is 12.6 Å². The minimum atomic E-state index is 0.0150. The molecule has 4 aromatic rings. The topological polar surface area (TPSA) is 80.4 Å². The van der Waals surface area contributed by atoms with Gasteiger partial charge in [-0.3, -0.25) is 9.69 Å². The molecule has 0 spiro atoms. The summed E-state index contributed by atoms with van der Waals surface area (Å²) in [5.74, 6) is 0.0150. The molecule has 0 unspecified atom stereocenters. The lowest BCUT2D eigenvalue weighted by molar-refractivity contribution is -0.117. The van der Waals surface area contributed by atoms with E-state index in [-0.39, 0.29) is 12.5 Å². The van der Waals surface area contributed by atoms with Gasteiger partial charge in [-0.25, -0.2) is 0 Å². The molecular weight excluding hydrogens is 400 g/mol. The number of aromatic amines is 1.